The summed E-state index contributed by atoms with van der Waals surface area (Å²) in [5.74, 6) is 0.196. The molecular weight excluding hydrogens is 176 g/mol. The number of aromatic nitrogens is 1. The van der Waals surface area contributed by atoms with Crippen molar-refractivity contribution in [3.8, 4) is 0 Å². The van der Waals surface area contributed by atoms with E-state index in [0.717, 1.165) is 25.1 Å². The lowest BCUT2D eigenvalue weighted by Gasteiger charge is -2.17. The van der Waals surface area contributed by atoms with E-state index < -0.39 is 0 Å². The summed E-state index contributed by atoms with van der Waals surface area (Å²) in [4.78, 5) is 13.5. The molecule has 1 amide bonds. The number of aryl methyl sites for hydroxylation is 1. The lowest BCUT2D eigenvalue weighted by atomic mass is 10.1. The van der Waals surface area contributed by atoms with Gasteiger partial charge in [-0.15, -0.1) is 0 Å². The fourth-order valence-electron chi connectivity index (χ4n) is 2.58. The van der Waals surface area contributed by atoms with Crippen molar-refractivity contribution in [1.29, 1.82) is 0 Å². The fourth-order valence-corrected chi connectivity index (χ4v) is 2.58. The van der Waals surface area contributed by atoms with Crippen LogP contribution in [0.5, 0.6) is 0 Å². The minimum Gasteiger partial charge on any atom is -0.350 e. The zero-order valence-electron chi connectivity index (χ0n) is 8.42. The van der Waals surface area contributed by atoms with Gasteiger partial charge in [0.1, 0.15) is 0 Å². The second-order valence-electron chi connectivity index (χ2n) is 4.28. The predicted octanol–water partition coefficient (Wildman–Crippen LogP) is 1.41. The SMILES string of the molecule is CN1Cc2c(cn3c2CCCC3)C1=O. The minimum absolute atomic E-state index is 0.196. The van der Waals surface area contributed by atoms with Crippen LogP contribution in [0, 0.1) is 0 Å². The number of fused-ring (bicyclic) bond motifs is 3. The van der Waals surface area contributed by atoms with Crippen LogP contribution in [-0.4, -0.2) is 22.4 Å². The summed E-state index contributed by atoms with van der Waals surface area (Å²) in [5.41, 5.74) is 3.64. The number of amides is 1. The highest BCUT2D eigenvalue weighted by Crippen LogP contribution is 2.30. The third-order valence-electron chi connectivity index (χ3n) is 3.34. The Hall–Kier alpha value is -1.25. The van der Waals surface area contributed by atoms with Gasteiger partial charge in [0.25, 0.3) is 5.91 Å². The monoisotopic (exact) mass is 190 g/mol. The van der Waals surface area contributed by atoms with Gasteiger partial charge in [0, 0.05) is 37.6 Å². The van der Waals surface area contributed by atoms with Crippen LogP contribution < -0.4 is 0 Å². The Labute approximate surface area is 83.3 Å². The zero-order chi connectivity index (χ0) is 9.71. The number of nitrogens with zero attached hydrogens (tertiary/aromatic N) is 2. The van der Waals surface area contributed by atoms with E-state index in [9.17, 15) is 4.79 Å². The van der Waals surface area contributed by atoms with Crippen LogP contribution in [0.2, 0.25) is 0 Å². The van der Waals surface area contributed by atoms with E-state index in [-0.39, 0.29) is 5.91 Å². The summed E-state index contributed by atoms with van der Waals surface area (Å²) in [7, 11) is 1.88. The van der Waals surface area contributed by atoms with E-state index in [0.29, 0.717) is 0 Å². The first-order valence-corrected chi connectivity index (χ1v) is 5.23. The molecule has 14 heavy (non-hydrogen) atoms. The van der Waals surface area contributed by atoms with Gasteiger partial charge in [-0.05, 0) is 19.3 Å². The predicted molar refractivity (Wildman–Crippen MR) is 53.2 cm³/mol. The van der Waals surface area contributed by atoms with Gasteiger partial charge in [-0.2, -0.15) is 0 Å². The Balaban J connectivity index is 2.14. The highest BCUT2D eigenvalue weighted by molar-refractivity contribution is 5.98. The van der Waals surface area contributed by atoms with E-state index in [4.69, 9.17) is 0 Å². The first kappa shape index (κ1) is 8.09. The molecule has 0 N–H and O–H groups in total. The molecule has 0 spiro atoms. The molecule has 74 valence electrons. The molecule has 0 saturated carbocycles. The molecule has 0 atom stereocenters. The molecule has 3 rings (SSSR count). The maximum Gasteiger partial charge on any atom is 0.255 e. The highest BCUT2D eigenvalue weighted by atomic mass is 16.2. The summed E-state index contributed by atoms with van der Waals surface area (Å²) in [6.45, 7) is 1.91. The van der Waals surface area contributed by atoms with Crippen LogP contribution in [0.25, 0.3) is 0 Å². The van der Waals surface area contributed by atoms with Crippen LogP contribution in [-0.2, 0) is 19.5 Å². The lowest BCUT2D eigenvalue weighted by molar-refractivity contribution is 0.0815. The average Bonchev–Trinajstić information content (AvgIpc) is 2.67. The Kier molecular flexibility index (Phi) is 1.52. The van der Waals surface area contributed by atoms with Crippen LogP contribution in [0.1, 0.15) is 34.5 Å². The minimum atomic E-state index is 0.196. The molecule has 0 fully saturated rings. The third-order valence-corrected chi connectivity index (χ3v) is 3.34. The van der Waals surface area contributed by atoms with Crippen molar-refractivity contribution in [2.24, 2.45) is 0 Å². The fraction of sp³-hybridized carbons (Fsp3) is 0.545. The van der Waals surface area contributed by atoms with Crippen LogP contribution in [0.15, 0.2) is 6.20 Å². The average molecular weight is 190 g/mol. The van der Waals surface area contributed by atoms with Gasteiger partial charge in [-0.25, -0.2) is 0 Å². The summed E-state index contributed by atoms with van der Waals surface area (Å²) in [5, 5.41) is 0. The van der Waals surface area contributed by atoms with Gasteiger partial charge < -0.3 is 9.47 Å². The first-order valence-electron chi connectivity index (χ1n) is 5.23. The normalized spacial score (nSPS) is 19.8. The Morgan fingerprint density at radius 1 is 1.36 bits per heavy atom. The van der Waals surface area contributed by atoms with Crippen molar-refractivity contribution in [2.75, 3.05) is 7.05 Å². The largest absolute Gasteiger partial charge is 0.350 e. The number of hydrogen-bond acceptors (Lipinski definition) is 1. The van der Waals surface area contributed by atoms with E-state index in [1.54, 1.807) is 4.90 Å². The molecule has 0 bridgehead atoms. The summed E-state index contributed by atoms with van der Waals surface area (Å²) >= 11 is 0. The van der Waals surface area contributed by atoms with Crippen LogP contribution in [0.3, 0.4) is 0 Å². The molecule has 0 saturated heterocycles. The molecule has 0 unspecified atom stereocenters. The molecule has 2 aliphatic heterocycles. The molecule has 0 aliphatic carbocycles. The standard InChI is InChI=1S/C11H14N2O/c1-12-6-8-9(11(12)14)7-13-5-3-2-4-10(8)13/h7H,2-6H2,1H3. The van der Waals surface area contributed by atoms with E-state index in [1.165, 1.54) is 24.1 Å². The maximum absolute atomic E-state index is 11.7. The molecule has 3 heterocycles. The summed E-state index contributed by atoms with van der Waals surface area (Å²) in [6.07, 6.45) is 5.73. The van der Waals surface area contributed by atoms with E-state index in [2.05, 4.69) is 10.8 Å². The second-order valence-corrected chi connectivity index (χ2v) is 4.28. The molecule has 0 aromatic carbocycles. The Morgan fingerprint density at radius 3 is 3.07 bits per heavy atom. The molecular formula is C11H14N2O. The number of hydrogen-bond donors (Lipinski definition) is 0. The molecule has 3 heteroatoms. The van der Waals surface area contributed by atoms with Gasteiger partial charge in [-0.3, -0.25) is 4.79 Å². The van der Waals surface area contributed by atoms with Crippen molar-refractivity contribution >= 4 is 5.91 Å². The number of carbonyl (C=O) groups is 1. The molecule has 1 aromatic heterocycles. The van der Waals surface area contributed by atoms with Gasteiger partial charge in [-0.1, -0.05) is 0 Å². The van der Waals surface area contributed by atoms with Crippen molar-refractivity contribution in [2.45, 2.75) is 32.4 Å². The molecule has 3 nitrogen and oxygen atoms in total. The summed E-state index contributed by atoms with van der Waals surface area (Å²) in [6, 6.07) is 0. The topological polar surface area (TPSA) is 25.2 Å². The number of rotatable bonds is 0. The van der Waals surface area contributed by atoms with Gasteiger partial charge >= 0.3 is 0 Å². The highest BCUT2D eigenvalue weighted by Gasteiger charge is 2.30. The third kappa shape index (κ3) is 0.897. The first-order chi connectivity index (χ1) is 6.77. The van der Waals surface area contributed by atoms with Gasteiger partial charge in [0.15, 0.2) is 0 Å². The molecule has 1 aromatic rings. The van der Waals surface area contributed by atoms with Crippen LogP contribution >= 0.6 is 0 Å². The maximum atomic E-state index is 11.7. The van der Waals surface area contributed by atoms with Gasteiger partial charge in [0.2, 0.25) is 0 Å². The van der Waals surface area contributed by atoms with Gasteiger partial charge in [0.05, 0.1) is 5.56 Å². The zero-order valence-corrected chi connectivity index (χ0v) is 8.42. The van der Waals surface area contributed by atoms with Crippen LogP contribution in [0.4, 0.5) is 0 Å². The lowest BCUT2D eigenvalue weighted by Crippen LogP contribution is -2.19. The molecule has 0 radical (unpaired) electrons. The second kappa shape index (κ2) is 2.62. The Morgan fingerprint density at radius 2 is 2.21 bits per heavy atom. The van der Waals surface area contributed by atoms with E-state index >= 15 is 0 Å². The molecule has 2 aliphatic rings. The Bertz CT molecular complexity index is 406. The quantitative estimate of drug-likeness (QED) is 0.607. The number of carbonyl (C=O) groups excluding carboxylic acids is 1. The smallest absolute Gasteiger partial charge is 0.255 e. The van der Waals surface area contributed by atoms with Crippen molar-refractivity contribution in [3.63, 3.8) is 0 Å². The van der Waals surface area contributed by atoms with E-state index in [1.807, 2.05) is 7.05 Å². The van der Waals surface area contributed by atoms with Crippen molar-refractivity contribution < 1.29 is 4.79 Å². The summed E-state index contributed by atoms with van der Waals surface area (Å²) < 4.78 is 2.28. The van der Waals surface area contributed by atoms with Crippen molar-refractivity contribution in [3.05, 3.63) is 23.0 Å². The van der Waals surface area contributed by atoms with Crippen molar-refractivity contribution in [1.82, 2.24) is 9.47 Å².